The molecule has 0 aromatic heterocycles. The lowest BCUT2D eigenvalue weighted by atomic mass is 10.1. The van der Waals surface area contributed by atoms with E-state index in [0.717, 1.165) is 19.5 Å². The molecule has 4 nitrogen and oxygen atoms in total. The van der Waals surface area contributed by atoms with Gasteiger partial charge < -0.3 is 15.4 Å². The first kappa shape index (κ1) is 11.7. The molecule has 4 heteroatoms. The van der Waals surface area contributed by atoms with E-state index in [4.69, 9.17) is 4.74 Å². The lowest BCUT2D eigenvalue weighted by molar-refractivity contribution is 0.201. The number of hydrogen-bond acceptors (Lipinski definition) is 3. The summed E-state index contributed by atoms with van der Waals surface area (Å²) in [5.74, 6) is 0.560. The van der Waals surface area contributed by atoms with E-state index in [1.807, 2.05) is 18.2 Å². The molecule has 0 saturated carbocycles. The minimum Gasteiger partial charge on any atom is -0.410 e. The number of ether oxygens (including phenoxy) is 1. The molecular weight excluding hydrogens is 216 g/mol. The Bertz CT molecular complexity index is 401. The molecule has 2 N–H and O–H groups in total. The minimum atomic E-state index is -0.407. The van der Waals surface area contributed by atoms with Crippen molar-refractivity contribution in [1.82, 2.24) is 10.6 Å². The minimum absolute atomic E-state index is 0.407. The molecule has 0 spiro atoms. The summed E-state index contributed by atoms with van der Waals surface area (Å²) in [6.07, 6.45) is 2.67. The fraction of sp³-hybridized carbons (Fsp3) is 0.308. The predicted octanol–water partition coefficient (Wildman–Crippen LogP) is 1.69. The molecule has 0 unspecified atom stereocenters. The molecule has 0 atom stereocenters. The molecule has 1 heterocycles. The molecule has 0 fully saturated rings. The van der Waals surface area contributed by atoms with E-state index in [1.165, 1.54) is 5.57 Å². The number of rotatable bonds is 3. The maximum absolute atomic E-state index is 11.5. The highest BCUT2D eigenvalue weighted by Gasteiger charge is 2.06. The van der Waals surface area contributed by atoms with Crippen molar-refractivity contribution < 1.29 is 9.53 Å². The summed E-state index contributed by atoms with van der Waals surface area (Å²) < 4.78 is 5.11. The van der Waals surface area contributed by atoms with E-state index in [2.05, 4.69) is 16.7 Å². The van der Waals surface area contributed by atoms with Crippen LogP contribution in [-0.4, -0.2) is 25.7 Å². The number of benzene rings is 1. The molecule has 1 aliphatic heterocycles. The second kappa shape index (κ2) is 6.06. The Morgan fingerprint density at radius 2 is 2.18 bits per heavy atom. The van der Waals surface area contributed by atoms with E-state index in [0.29, 0.717) is 12.3 Å². The summed E-state index contributed by atoms with van der Waals surface area (Å²) in [6.45, 7) is 2.42. The highest BCUT2D eigenvalue weighted by atomic mass is 16.5. The van der Waals surface area contributed by atoms with Crippen LogP contribution in [0.2, 0.25) is 0 Å². The zero-order chi connectivity index (χ0) is 11.9. The van der Waals surface area contributed by atoms with Crippen LogP contribution in [0.15, 0.2) is 42.0 Å². The molecule has 1 aromatic carbocycles. The zero-order valence-electron chi connectivity index (χ0n) is 9.61. The number of carbonyl (C=O) groups is 1. The van der Waals surface area contributed by atoms with E-state index in [1.54, 1.807) is 12.1 Å². The van der Waals surface area contributed by atoms with Gasteiger partial charge in [0, 0.05) is 13.1 Å². The van der Waals surface area contributed by atoms with Gasteiger partial charge in [0.25, 0.3) is 0 Å². The lowest BCUT2D eigenvalue weighted by Crippen LogP contribution is -2.31. The standard InChI is InChI=1S/C13H16N2O2/c16-13(17-12-4-2-1-3-5-12)15-10-11-6-8-14-9-7-11/h1-6,14H,7-10H2,(H,15,16). The van der Waals surface area contributed by atoms with E-state index < -0.39 is 6.09 Å². The molecule has 1 amide bonds. The van der Waals surface area contributed by atoms with Crippen molar-refractivity contribution in [3.8, 4) is 5.75 Å². The van der Waals surface area contributed by atoms with Gasteiger partial charge in [-0.15, -0.1) is 0 Å². The number of nitrogens with one attached hydrogen (secondary N) is 2. The maximum Gasteiger partial charge on any atom is 0.412 e. The highest BCUT2D eigenvalue weighted by molar-refractivity contribution is 5.70. The van der Waals surface area contributed by atoms with Gasteiger partial charge in [-0.05, 0) is 25.1 Å². The fourth-order valence-electron chi connectivity index (χ4n) is 1.65. The smallest absolute Gasteiger partial charge is 0.410 e. The second-order valence-electron chi connectivity index (χ2n) is 3.87. The first-order valence-corrected chi connectivity index (χ1v) is 5.74. The highest BCUT2D eigenvalue weighted by Crippen LogP contribution is 2.08. The van der Waals surface area contributed by atoms with Gasteiger partial charge in [-0.1, -0.05) is 29.8 Å². The van der Waals surface area contributed by atoms with E-state index >= 15 is 0 Å². The summed E-state index contributed by atoms with van der Waals surface area (Å²) in [7, 11) is 0. The molecule has 90 valence electrons. The van der Waals surface area contributed by atoms with Crippen LogP contribution in [0.1, 0.15) is 6.42 Å². The van der Waals surface area contributed by atoms with Gasteiger partial charge in [0.15, 0.2) is 0 Å². The van der Waals surface area contributed by atoms with Crippen molar-refractivity contribution in [2.45, 2.75) is 6.42 Å². The first-order valence-electron chi connectivity index (χ1n) is 5.74. The average molecular weight is 232 g/mol. The van der Waals surface area contributed by atoms with Crippen molar-refractivity contribution in [2.75, 3.05) is 19.6 Å². The fourth-order valence-corrected chi connectivity index (χ4v) is 1.65. The van der Waals surface area contributed by atoms with Gasteiger partial charge in [0.05, 0.1) is 0 Å². The molecule has 0 bridgehead atoms. The molecule has 1 aliphatic rings. The van der Waals surface area contributed by atoms with Crippen LogP contribution in [0, 0.1) is 0 Å². The van der Waals surface area contributed by atoms with Crippen LogP contribution in [0.4, 0.5) is 4.79 Å². The molecule has 1 aromatic rings. The molecular formula is C13H16N2O2. The quantitative estimate of drug-likeness (QED) is 0.780. The predicted molar refractivity (Wildman–Crippen MR) is 66.0 cm³/mol. The Balaban J connectivity index is 1.76. The molecule has 0 radical (unpaired) electrons. The SMILES string of the molecule is O=C(NCC1=CCNCC1)Oc1ccccc1. The third kappa shape index (κ3) is 3.92. The van der Waals surface area contributed by atoms with Crippen molar-refractivity contribution >= 4 is 6.09 Å². The van der Waals surface area contributed by atoms with Crippen molar-refractivity contribution in [1.29, 1.82) is 0 Å². The van der Waals surface area contributed by atoms with Crippen LogP contribution in [0.5, 0.6) is 5.75 Å². The summed E-state index contributed by atoms with van der Waals surface area (Å²) in [6, 6.07) is 9.05. The van der Waals surface area contributed by atoms with Gasteiger partial charge in [-0.25, -0.2) is 4.79 Å². The normalized spacial score (nSPS) is 14.9. The van der Waals surface area contributed by atoms with Gasteiger partial charge in [-0.2, -0.15) is 0 Å². The Kier molecular flexibility index (Phi) is 4.16. The second-order valence-corrected chi connectivity index (χ2v) is 3.87. The maximum atomic E-state index is 11.5. The summed E-state index contributed by atoms with van der Waals surface area (Å²) in [5, 5.41) is 5.97. The lowest BCUT2D eigenvalue weighted by Gasteiger charge is -2.14. The van der Waals surface area contributed by atoms with Gasteiger partial charge >= 0.3 is 6.09 Å². The van der Waals surface area contributed by atoms with Crippen LogP contribution in [0.25, 0.3) is 0 Å². The van der Waals surface area contributed by atoms with Gasteiger partial charge in [-0.3, -0.25) is 0 Å². The number of hydrogen-bond donors (Lipinski definition) is 2. The third-order valence-electron chi connectivity index (χ3n) is 2.57. The summed E-state index contributed by atoms with van der Waals surface area (Å²) in [5.41, 5.74) is 1.24. The monoisotopic (exact) mass is 232 g/mol. The molecule has 0 saturated heterocycles. The Morgan fingerprint density at radius 1 is 1.35 bits per heavy atom. The molecule has 17 heavy (non-hydrogen) atoms. The average Bonchev–Trinajstić information content (AvgIpc) is 2.39. The van der Waals surface area contributed by atoms with Crippen molar-refractivity contribution in [2.24, 2.45) is 0 Å². The van der Waals surface area contributed by atoms with Crippen LogP contribution < -0.4 is 15.4 Å². The number of amides is 1. The van der Waals surface area contributed by atoms with Crippen LogP contribution in [-0.2, 0) is 0 Å². The Labute approximate surface area is 101 Å². The number of carbonyl (C=O) groups excluding carboxylic acids is 1. The number of para-hydroxylation sites is 1. The first-order chi connectivity index (χ1) is 8.34. The molecule has 0 aliphatic carbocycles. The van der Waals surface area contributed by atoms with Gasteiger partial charge in [0.1, 0.15) is 5.75 Å². The van der Waals surface area contributed by atoms with E-state index in [-0.39, 0.29) is 0 Å². The largest absolute Gasteiger partial charge is 0.412 e. The van der Waals surface area contributed by atoms with Crippen molar-refractivity contribution in [3.05, 3.63) is 42.0 Å². The molecule has 2 rings (SSSR count). The van der Waals surface area contributed by atoms with Gasteiger partial charge in [0.2, 0.25) is 0 Å². The zero-order valence-corrected chi connectivity index (χ0v) is 9.61. The summed E-state index contributed by atoms with van der Waals surface area (Å²) in [4.78, 5) is 11.5. The summed E-state index contributed by atoms with van der Waals surface area (Å²) >= 11 is 0. The van der Waals surface area contributed by atoms with Crippen LogP contribution >= 0.6 is 0 Å². The van der Waals surface area contributed by atoms with Crippen LogP contribution in [0.3, 0.4) is 0 Å². The topological polar surface area (TPSA) is 50.4 Å². The Hall–Kier alpha value is -1.81. The van der Waals surface area contributed by atoms with E-state index in [9.17, 15) is 4.79 Å². The van der Waals surface area contributed by atoms with Crippen molar-refractivity contribution in [3.63, 3.8) is 0 Å². The third-order valence-corrected chi connectivity index (χ3v) is 2.57. The Morgan fingerprint density at radius 3 is 2.88 bits per heavy atom.